The highest BCUT2D eigenvalue weighted by atomic mass is 17.2. The number of hydrogen-bond donors (Lipinski definition) is 0. The molecule has 220 valence electrons. The Kier molecular flexibility index (Phi) is 10.3. The fourth-order valence-corrected chi connectivity index (χ4v) is 4.39. The lowest BCUT2D eigenvalue weighted by Gasteiger charge is -2.39. The quantitative estimate of drug-likeness (QED) is 0.265. The Hall–Kier alpha value is -3.90. The van der Waals surface area contributed by atoms with Gasteiger partial charge in [0.1, 0.15) is 11.7 Å². The largest absolute Gasteiger partial charge is 0.493 e. The Morgan fingerprint density at radius 2 is 1.12 bits per heavy atom. The molecule has 1 aliphatic rings. The summed E-state index contributed by atoms with van der Waals surface area (Å²) in [6, 6.07) is 5.80. The maximum absolute atomic E-state index is 12.9. The SMILES string of the molecule is COc1cc(C(=O)OOC2CC(C)CCC2(C)OOC(=O)c2cc(OC)c(OC)c(OC)c2)cc(OC)c1OC. The molecule has 12 heteroatoms. The second-order valence-electron chi connectivity index (χ2n) is 9.43. The average Bonchev–Trinajstić information content (AvgIpc) is 2.98. The summed E-state index contributed by atoms with van der Waals surface area (Å²) >= 11 is 0. The van der Waals surface area contributed by atoms with Crippen molar-refractivity contribution >= 4 is 11.9 Å². The topological polar surface area (TPSA) is 126 Å². The molecule has 0 heterocycles. The molecular formula is C28H36O12. The van der Waals surface area contributed by atoms with Crippen LogP contribution < -0.4 is 28.4 Å². The minimum atomic E-state index is -1.11. The van der Waals surface area contributed by atoms with E-state index in [2.05, 4.69) is 0 Å². The molecule has 0 aliphatic heterocycles. The van der Waals surface area contributed by atoms with Crippen LogP contribution in [0, 0.1) is 5.92 Å². The first-order valence-electron chi connectivity index (χ1n) is 12.5. The number of carbonyl (C=O) groups excluding carboxylic acids is 2. The number of benzene rings is 2. The zero-order valence-corrected chi connectivity index (χ0v) is 24.0. The van der Waals surface area contributed by atoms with Gasteiger partial charge in [-0.3, -0.25) is 9.78 Å². The summed E-state index contributed by atoms with van der Waals surface area (Å²) in [5.74, 6) is 0.474. The van der Waals surface area contributed by atoms with Crippen molar-refractivity contribution in [1.29, 1.82) is 0 Å². The van der Waals surface area contributed by atoms with Crippen molar-refractivity contribution in [3.8, 4) is 34.5 Å². The number of hydrogen-bond acceptors (Lipinski definition) is 12. The van der Waals surface area contributed by atoms with Crippen LogP contribution >= 0.6 is 0 Å². The molecule has 2 aromatic carbocycles. The Bertz CT molecular complexity index is 1150. The van der Waals surface area contributed by atoms with Crippen molar-refractivity contribution in [2.24, 2.45) is 5.92 Å². The lowest BCUT2D eigenvalue weighted by Crippen LogP contribution is -2.48. The summed E-state index contributed by atoms with van der Waals surface area (Å²) in [5, 5.41) is 0. The molecule has 12 nitrogen and oxygen atoms in total. The van der Waals surface area contributed by atoms with E-state index in [1.807, 2.05) is 6.92 Å². The highest BCUT2D eigenvalue weighted by Gasteiger charge is 2.45. The van der Waals surface area contributed by atoms with Crippen LogP contribution in [0.5, 0.6) is 34.5 Å². The van der Waals surface area contributed by atoms with Gasteiger partial charge in [0.05, 0.1) is 53.8 Å². The van der Waals surface area contributed by atoms with Crippen molar-refractivity contribution in [1.82, 2.24) is 0 Å². The second-order valence-corrected chi connectivity index (χ2v) is 9.43. The van der Waals surface area contributed by atoms with Gasteiger partial charge in [-0.2, -0.15) is 9.78 Å². The van der Waals surface area contributed by atoms with Crippen molar-refractivity contribution < 1.29 is 57.6 Å². The normalized spacial score (nSPS) is 20.2. The standard InChI is InChI=1S/C28H36O12/c1-16-9-10-28(2,40-39-27(30)18-14-21(33-5)25(36-8)22(15-18)34-6)23(11-16)37-38-26(29)17-12-19(31-3)24(35-7)20(13-17)32-4/h12-16,23H,9-11H2,1-8H3. The van der Waals surface area contributed by atoms with Gasteiger partial charge in [-0.15, -0.1) is 0 Å². The highest BCUT2D eigenvalue weighted by molar-refractivity contribution is 5.91. The Labute approximate surface area is 233 Å². The molecule has 0 amide bonds. The zero-order chi connectivity index (χ0) is 29.4. The van der Waals surface area contributed by atoms with Crippen LogP contribution in [-0.4, -0.2) is 66.3 Å². The summed E-state index contributed by atoms with van der Waals surface area (Å²) in [4.78, 5) is 47.5. The average molecular weight is 565 g/mol. The summed E-state index contributed by atoms with van der Waals surface area (Å²) in [6.45, 7) is 3.76. The zero-order valence-electron chi connectivity index (χ0n) is 24.0. The number of methoxy groups -OCH3 is 6. The molecular weight excluding hydrogens is 528 g/mol. The fourth-order valence-electron chi connectivity index (χ4n) is 4.39. The molecule has 2 aromatic rings. The Morgan fingerprint density at radius 3 is 1.52 bits per heavy atom. The van der Waals surface area contributed by atoms with Gasteiger partial charge in [-0.25, -0.2) is 9.59 Å². The molecule has 0 N–H and O–H groups in total. The van der Waals surface area contributed by atoms with Gasteiger partial charge < -0.3 is 28.4 Å². The van der Waals surface area contributed by atoms with E-state index in [0.717, 1.165) is 6.42 Å². The minimum absolute atomic E-state index is 0.119. The van der Waals surface area contributed by atoms with E-state index in [-0.39, 0.29) is 40.0 Å². The molecule has 0 aromatic heterocycles. The molecule has 3 unspecified atom stereocenters. The van der Waals surface area contributed by atoms with Crippen LogP contribution in [0.2, 0.25) is 0 Å². The van der Waals surface area contributed by atoms with E-state index >= 15 is 0 Å². The van der Waals surface area contributed by atoms with Crippen LogP contribution in [0.4, 0.5) is 0 Å². The van der Waals surface area contributed by atoms with Crippen LogP contribution in [-0.2, 0) is 19.6 Å². The first-order chi connectivity index (χ1) is 19.1. The minimum Gasteiger partial charge on any atom is -0.493 e. The molecule has 0 radical (unpaired) electrons. The third-order valence-corrected chi connectivity index (χ3v) is 6.78. The van der Waals surface area contributed by atoms with E-state index in [0.29, 0.717) is 24.3 Å². The lowest BCUT2D eigenvalue weighted by atomic mass is 9.78. The Morgan fingerprint density at radius 1 is 0.700 bits per heavy atom. The van der Waals surface area contributed by atoms with Crippen molar-refractivity contribution in [2.75, 3.05) is 42.7 Å². The van der Waals surface area contributed by atoms with Crippen LogP contribution in [0.1, 0.15) is 53.8 Å². The summed E-state index contributed by atoms with van der Waals surface area (Å²) in [5.41, 5.74) is -0.873. The smallest absolute Gasteiger partial charge is 0.373 e. The number of ether oxygens (including phenoxy) is 6. The van der Waals surface area contributed by atoms with E-state index in [4.69, 9.17) is 48.0 Å². The third-order valence-electron chi connectivity index (χ3n) is 6.78. The van der Waals surface area contributed by atoms with Gasteiger partial charge in [0.2, 0.25) is 11.5 Å². The summed E-state index contributed by atoms with van der Waals surface area (Å²) < 4.78 is 31.8. The lowest BCUT2D eigenvalue weighted by molar-refractivity contribution is -0.388. The van der Waals surface area contributed by atoms with Crippen molar-refractivity contribution in [2.45, 2.75) is 44.8 Å². The van der Waals surface area contributed by atoms with Crippen LogP contribution in [0.3, 0.4) is 0 Å². The highest BCUT2D eigenvalue weighted by Crippen LogP contribution is 2.41. The van der Waals surface area contributed by atoms with E-state index in [1.54, 1.807) is 6.92 Å². The molecule has 40 heavy (non-hydrogen) atoms. The molecule has 1 saturated carbocycles. The fraction of sp³-hybridized carbons (Fsp3) is 0.500. The van der Waals surface area contributed by atoms with Crippen LogP contribution in [0.25, 0.3) is 0 Å². The predicted molar refractivity (Wildman–Crippen MR) is 140 cm³/mol. The number of carbonyl (C=O) groups is 2. The first-order valence-corrected chi connectivity index (χ1v) is 12.5. The number of rotatable bonds is 12. The third kappa shape index (κ3) is 6.62. The summed E-state index contributed by atoms with van der Waals surface area (Å²) in [6.07, 6.45) is 0.998. The molecule has 1 aliphatic carbocycles. The van der Waals surface area contributed by atoms with E-state index in [9.17, 15) is 9.59 Å². The molecule has 3 atom stereocenters. The van der Waals surface area contributed by atoms with Crippen LogP contribution in [0.15, 0.2) is 24.3 Å². The van der Waals surface area contributed by atoms with Gasteiger partial charge in [-0.05, 0) is 56.4 Å². The first kappa shape index (κ1) is 30.6. The van der Waals surface area contributed by atoms with Gasteiger partial charge in [0.15, 0.2) is 23.0 Å². The Balaban J connectivity index is 1.74. The van der Waals surface area contributed by atoms with Crippen molar-refractivity contribution in [3.05, 3.63) is 35.4 Å². The maximum atomic E-state index is 12.9. The van der Waals surface area contributed by atoms with Gasteiger partial charge in [-0.1, -0.05) is 6.92 Å². The molecule has 0 saturated heterocycles. The molecule has 0 spiro atoms. The van der Waals surface area contributed by atoms with Gasteiger partial charge >= 0.3 is 11.9 Å². The monoisotopic (exact) mass is 564 g/mol. The summed E-state index contributed by atoms with van der Waals surface area (Å²) in [7, 11) is 8.67. The van der Waals surface area contributed by atoms with E-state index < -0.39 is 23.6 Å². The van der Waals surface area contributed by atoms with Crippen molar-refractivity contribution in [3.63, 3.8) is 0 Å². The van der Waals surface area contributed by atoms with Gasteiger partial charge in [0, 0.05) is 0 Å². The maximum Gasteiger partial charge on any atom is 0.373 e. The molecule has 3 rings (SSSR count). The van der Waals surface area contributed by atoms with E-state index in [1.165, 1.54) is 66.9 Å². The second kappa shape index (κ2) is 13.4. The molecule has 1 fully saturated rings. The molecule has 0 bridgehead atoms. The predicted octanol–water partition coefficient (Wildman–Crippen LogP) is 4.56. The van der Waals surface area contributed by atoms with Gasteiger partial charge in [0.25, 0.3) is 0 Å².